The Kier molecular flexibility index (Phi) is 5.85. The Morgan fingerprint density at radius 3 is 2.43 bits per heavy atom. The van der Waals surface area contributed by atoms with Gasteiger partial charge >= 0.3 is 12.0 Å². The second-order valence-corrected chi connectivity index (χ2v) is 6.20. The number of carbonyl (C=O) groups is 2. The van der Waals surface area contributed by atoms with E-state index >= 15 is 0 Å². The van der Waals surface area contributed by atoms with E-state index < -0.39 is 12.0 Å². The van der Waals surface area contributed by atoms with Crippen molar-refractivity contribution >= 4 is 12.0 Å². The zero-order valence-electron chi connectivity index (χ0n) is 12.6. The number of urea groups is 1. The number of rotatable bonds is 5. The quantitative estimate of drug-likeness (QED) is 0.723. The lowest BCUT2D eigenvalue weighted by Crippen LogP contribution is -2.52. The van der Waals surface area contributed by atoms with Gasteiger partial charge in [0.05, 0.1) is 6.10 Å². The Hall–Kier alpha value is -1.30. The number of carbonyl (C=O) groups excluding carboxylic acids is 1. The number of amides is 2. The molecule has 6 nitrogen and oxygen atoms in total. The van der Waals surface area contributed by atoms with Crippen molar-refractivity contribution in [2.24, 2.45) is 5.92 Å². The molecule has 21 heavy (non-hydrogen) atoms. The Bertz CT molecular complexity index is 369. The first-order valence-electron chi connectivity index (χ1n) is 7.92. The molecule has 3 atom stereocenters. The van der Waals surface area contributed by atoms with Gasteiger partial charge in [-0.2, -0.15) is 0 Å². The fraction of sp³-hybridized carbons (Fsp3) is 0.867. The molecule has 0 saturated heterocycles. The van der Waals surface area contributed by atoms with E-state index in [0.29, 0.717) is 0 Å². The van der Waals surface area contributed by atoms with Crippen molar-refractivity contribution in [1.82, 2.24) is 10.6 Å². The second kappa shape index (κ2) is 7.64. The van der Waals surface area contributed by atoms with Crippen LogP contribution in [0.5, 0.6) is 0 Å². The molecule has 2 aliphatic carbocycles. The van der Waals surface area contributed by atoms with Crippen LogP contribution in [0.3, 0.4) is 0 Å². The molecule has 0 heterocycles. The minimum atomic E-state index is -0.932. The number of aliphatic carboxylic acids is 1. The standard InChI is InChI=1S/C15H26N2O4/c1-21-12-8-7-11(9-12)16-15(20)17-13(14(18)19)10-5-3-2-4-6-10/h10-13H,2-9H2,1H3,(H,18,19)(H2,16,17,20). The van der Waals surface area contributed by atoms with Crippen LogP contribution in [0.2, 0.25) is 0 Å². The molecule has 2 fully saturated rings. The third-order valence-corrected chi connectivity index (χ3v) is 4.73. The molecule has 2 rings (SSSR count). The average molecular weight is 298 g/mol. The van der Waals surface area contributed by atoms with Crippen LogP contribution >= 0.6 is 0 Å². The van der Waals surface area contributed by atoms with Crippen LogP contribution in [0.1, 0.15) is 51.4 Å². The lowest BCUT2D eigenvalue weighted by Gasteiger charge is -2.28. The van der Waals surface area contributed by atoms with Crippen LogP contribution in [0.4, 0.5) is 4.79 Å². The van der Waals surface area contributed by atoms with Crippen molar-refractivity contribution in [2.45, 2.75) is 69.6 Å². The summed E-state index contributed by atoms with van der Waals surface area (Å²) in [6, 6.07) is -1.06. The van der Waals surface area contributed by atoms with Gasteiger partial charge in [-0.25, -0.2) is 9.59 Å². The fourth-order valence-electron chi connectivity index (χ4n) is 3.50. The number of hydrogen-bond donors (Lipinski definition) is 3. The van der Waals surface area contributed by atoms with E-state index in [1.807, 2.05) is 0 Å². The maximum atomic E-state index is 12.0. The average Bonchev–Trinajstić information content (AvgIpc) is 2.93. The second-order valence-electron chi connectivity index (χ2n) is 6.20. The van der Waals surface area contributed by atoms with Crippen molar-refractivity contribution in [3.63, 3.8) is 0 Å². The Balaban J connectivity index is 1.82. The highest BCUT2D eigenvalue weighted by Crippen LogP contribution is 2.27. The summed E-state index contributed by atoms with van der Waals surface area (Å²) in [5.41, 5.74) is 0. The predicted molar refractivity (Wildman–Crippen MR) is 78.1 cm³/mol. The topological polar surface area (TPSA) is 87.7 Å². The number of nitrogens with one attached hydrogen (secondary N) is 2. The minimum Gasteiger partial charge on any atom is -0.480 e. The summed E-state index contributed by atoms with van der Waals surface area (Å²) in [4.78, 5) is 23.4. The molecule has 2 saturated carbocycles. The monoisotopic (exact) mass is 298 g/mol. The van der Waals surface area contributed by atoms with Crippen LogP contribution in [0.15, 0.2) is 0 Å². The van der Waals surface area contributed by atoms with Gasteiger partial charge in [-0.15, -0.1) is 0 Å². The van der Waals surface area contributed by atoms with E-state index in [0.717, 1.165) is 51.4 Å². The first-order chi connectivity index (χ1) is 10.1. The summed E-state index contributed by atoms with van der Waals surface area (Å²) in [7, 11) is 1.68. The van der Waals surface area contributed by atoms with Gasteiger partial charge in [0, 0.05) is 13.2 Å². The number of methoxy groups -OCH3 is 1. The van der Waals surface area contributed by atoms with Gasteiger partial charge in [0.15, 0.2) is 0 Å². The summed E-state index contributed by atoms with van der Waals surface area (Å²) in [6.45, 7) is 0. The summed E-state index contributed by atoms with van der Waals surface area (Å²) in [5, 5.41) is 14.9. The molecular formula is C15H26N2O4. The molecule has 0 bridgehead atoms. The van der Waals surface area contributed by atoms with E-state index in [-0.39, 0.29) is 24.1 Å². The van der Waals surface area contributed by atoms with E-state index in [2.05, 4.69) is 10.6 Å². The molecule has 0 spiro atoms. The number of hydrogen-bond acceptors (Lipinski definition) is 3. The molecule has 0 radical (unpaired) electrons. The molecule has 3 unspecified atom stereocenters. The fourth-order valence-corrected chi connectivity index (χ4v) is 3.50. The molecule has 2 amide bonds. The van der Waals surface area contributed by atoms with Crippen LogP contribution < -0.4 is 10.6 Å². The highest BCUT2D eigenvalue weighted by atomic mass is 16.5. The van der Waals surface area contributed by atoms with Gasteiger partial charge in [0.2, 0.25) is 0 Å². The third-order valence-electron chi connectivity index (χ3n) is 4.73. The zero-order chi connectivity index (χ0) is 15.2. The van der Waals surface area contributed by atoms with Crippen molar-refractivity contribution in [1.29, 1.82) is 0 Å². The highest BCUT2D eigenvalue weighted by Gasteiger charge is 2.32. The molecule has 0 aliphatic heterocycles. The van der Waals surface area contributed by atoms with Gasteiger partial charge in [-0.1, -0.05) is 19.3 Å². The number of ether oxygens (including phenoxy) is 1. The largest absolute Gasteiger partial charge is 0.480 e. The summed E-state index contributed by atoms with van der Waals surface area (Å²) in [5.74, 6) is -0.879. The lowest BCUT2D eigenvalue weighted by molar-refractivity contribution is -0.141. The Labute approximate surface area is 125 Å². The van der Waals surface area contributed by atoms with E-state index in [4.69, 9.17) is 4.74 Å². The summed E-state index contributed by atoms with van der Waals surface area (Å²) < 4.78 is 5.27. The molecule has 3 N–H and O–H groups in total. The van der Waals surface area contributed by atoms with E-state index in [1.165, 1.54) is 0 Å². The maximum Gasteiger partial charge on any atom is 0.326 e. The van der Waals surface area contributed by atoms with Gasteiger partial charge in [0.1, 0.15) is 6.04 Å². The molecule has 0 aromatic heterocycles. The van der Waals surface area contributed by atoms with Crippen LogP contribution in [-0.2, 0) is 9.53 Å². The van der Waals surface area contributed by atoms with E-state index in [1.54, 1.807) is 7.11 Å². The van der Waals surface area contributed by atoms with E-state index in [9.17, 15) is 14.7 Å². The molecule has 0 aromatic carbocycles. The molecule has 0 aromatic rings. The number of carboxylic acids is 1. The van der Waals surface area contributed by atoms with Crippen molar-refractivity contribution in [2.75, 3.05) is 7.11 Å². The third kappa shape index (κ3) is 4.59. The molecule has 120 valence electrons. The Morgan fingerprint density at radius 2 is 1.86 bits per heavy atom. The predicted octanol–water partition coefficient (Wildman–Crippen LogP) is 1.89. The minimum absolute atomic E-state index is 0.0531. The molecular weight excluding hydrogens is 272 g/mol. The van der Waals surface area contributed by atoms with Crippen molar-refractivity contribution < 1.29 is 19.4 Å². The molecule has 2 aliphatic rings. The zero-order valence-corrected chi connectivity index (χ0v) is 12.6. The lowest BCUT2D eigenvalue weighted by atomic mass is 9.84. The van der Waals surface area contributed by atoms with Gasteiger partial charge < -0.3 is 20.5 Å². The maximum absolute atomic E-state index is 12.0. The van der Waals surface area contributed by atoms with Crippen LogP contribution in [0.25, 0.3) is 0 Å². The molecule has 6 heteroatoms. The van der Waals surface area contributed by atoms with Crippen LogP contribution in [-0.4, -0.2) is 42.4 Å². The Morgan fingerprint density at radius 1 is 1.14 bits per heavy atom. The normalized spacial score (nSPS) is 28.0. The van der Waals surface area contributed by atoms with Gasteiger partial charge in [-0.3, -0.25) is 0 Å². The van der Waals surface area contributed by atoms with Crippen molar-refractivity contribution in [3.8, 4) is 0 Å². The van der Waals surface area contributed by atoms with Gasteiger partial charge in [-0.05, 0) is 38.0 Å². The van der Waals surface area contributed by atoms with Crippen LogP contribution in [0, 0.1) is 5.92 Å². The highest BCUT2D eigenvalue weighted by molar-refractivity contribution is 5.82. The SMILES string of the molecule is COC1CCC(NC(=O)NC(C(=O)O)C2CCCCC2)C1. The van der Waals surface area contributed by atoms with Gasteiger partial charge in [0.25, 0.3) is 0 Å². The smallest absolute Gasteiger partial charge is 0.326 e. The van der Waals surface area contributed by atoms with Crippen molar-refractivity contribution in [3.05, 3.63) is 0 Å². The first-order valence-corrected chi connectivity index (χ1v) is 7.92. The summed E-state index contributed by atoms with van der Waals surface area (Å²) >= 11 is 0. The first kappa shape index (κ1) is 16.1. The summed E-state index contributed by atoms with van der Waals surface area (Å²) in [6.07, 6.45) is 7.84. The number of carboxylic acid groups (broad SMARTS) is 1.